The monoisotopic (exact) mass is 346 g/mol. The molecule has 0 aromatic heterocycles. The second kappa shape index (κ2) is 14.8. The van der Waals surface area contributed by atoms with Crippen LogP contribution in [0.15, 0.2) is 24.3 Å². The molecule has 3 N–H and O–H groups in total. The van der Waals surface area contributed by atoms with Crippen molar-refractivity contribution in [2.75, 3.05) is 6.61 Å². The van der Waals surface area contributed by atoms with Gasteiger partial charge in [0.1, 0.15) is 5.75 Å². The van der Waals surface area contributed by atoms with E-state index >= 15 is 0 Å². The lowest BCUT2D eigenvalue weighted by atomic mass is 10.1. The maximum atomic E-state index is 7.29. The summed E-state index contributed by atoms with van der Waals surface area (Å²) in [5.41, 5.74) is 6.46. The van der Waals surface area contributed by atoms with Gasteiger partial charge in [0.25, 0.3) is 0 Å². The Balaban J connectivity index is 1.89. The standard InChI is InChI=1S/C22H38N2O/c1-2-3-4-5-6-7-8-9-10-11-12-13-18-25-21-16-14-20(15-17-21)19-22(23)24/h14-17H,2-13,18-19H2,1H3,(H3,23,24). The first-order valence-corrected chi connectivity index (χ1v) is 10.3. The van der Waals surface area contributed by atoms with Crippen molar-refractivity contribution < 1.29 is 4.74 Å². The summed E-state index contributed by atoms with van der Waals surface area (Å²) < 4.78 is 5.77. The zero-order chi connectivity index (χ0) is 18.2. The van der Waals surface area contributed by atoms with E-state index in [1.54, 1.807) is 0 Å². The average Bonchev–Trinajstić information content (AvgIpc) is 2.60. The Morgan fingerprint density at radius 1 is 0.800 bits per heavy atom. The normalized spacial score (nSPS) is 10.8. The van der Waals surface area contributed by atoms with E-state index in [-0.39, 0.29) is 5.84 Å². The van der Waals surface area contributed by atoms with Crippen LogP contribution in [-0.2, 0) is 6.42 Å². The Bertz CT molecular complexity index is 442. The third-order valence-electron chi connectivity index (χ3n) is 4.58. The maximum absolute atomic E-state index is 7.29. The van der Waals surface area contributed by atoms with Crippen LogP contribution in [0.3, 0.4) is 0 Å². The lowest BCUT2D eigenvalue weighted by Crippen LogP contribution is -2.12. The Hall–Kier alpha value is -1.51. The Labute approximate surface area is 154 Å². The molecule has 0 bridgehead atoms. The third-order valence-corrected chi connectivity index (χ3v) is 4.58. The molecule has 1 rings (SSSR count). The van der Waals surface area contributed by atoms with Crippen LogP contribution in [0.1, 0.15) is 89.5 Å². The molecular weight excluding hydrogens is 308 g/mol. The highest BCUT2D eigenvalue weighted by Gasteiger charge is 1.98. The molecule has 0 aliphatic carbocycles. The minimum Gasteiger partial charge on any atom is -0.494 e. The third kappa shape index (κ3) is 12.5. The van der Waals surface area contributed by atoms with Gasteiger partial charge in [0, 0.05) is 6.42 Å². The summed E-state index contributed by atoms with van der Waals surface area (Å²) in [6.07, 6.45) is 16.9. The molecule has 0 aliphatic heterocycles. The smallest absolute Gasteiger partial charge is 0.119 e. The molecule has 0 aliphatic rings. The summed E-state index contributed by atoms with van der Waals surface area (Å²) in [4.78, 5) is 0. The van der Waals surface area contributed by atoms with Crippen LogP contribution in [-0.4, -0.2) is 12.4 Å². The molecular formula is C22H38N2O. The van der Waals surface area contributed by atoms with E-state index in [0.717, 1.165) is 24.3 Å². The highest BCUT2D eigenvalue weighted by molar-refractivity contribution is 5.79. The van der Waals surface area contributed by atoms with E-state index in [0.29, 0.717) is 6.42 Å². The summed E-state index contributed by atoms with van der Waals surface area (Å²) in [6, 6.07) is 7.91. The van der Waals surface area contributed by atoms with Crippen molar-refractivity contribution in [1.82, 2.24) is 0 Å². The van der Waals surface area contributed by atoms with E-state index < -0.39 is 0 Å². The highest BCUT2D eigenvalue weighted by atomic mass is 16.5. The minimum absolute atomic E-state index is 0.199. The van der Waals surface area contributed by atoms with Gasteiger partial charge in [0.15, 0.2) is 0 Å². The fraction of sp³-hybridized carbons (Fsp3) is 0.682. The van der Waals surface area contributed by atoms with Gasteiger partial charge in [-0.2, -0.15) is 0 Å². The molecule has 142 valence electrons. The molecule has 0 atom stereocenters. The van der Waals surface area contributed by atoms with Crippen molar-refractivity contribution in [2.24, 2.45) is 5.73 Å². The van der Waals surface area contributed by atoms with Crippen LogP contribution < -0.4 is 10.5 Å². The summed E-state index contributed by atoms with van der Waals surface area (Å²) in [7, 11) is 0. The second-order valence-corrected chi connectivity index (χ2v) is 7.08. The number of unbranched alkanes of at least 4 members (excludes halogenated alkanes) is 11. The number of amidine groups is 1. The number of ether oxygens (including phenoxy) is 1. The molecule has 0 unspecified atom stereocenters. The minimum atomic E-state index is 0.199. The molecule has 3 nitrogen and oxygen atoms in total. The van der Waals surface area contributed by atoms with Gasteiger partial charge in [-0.25, -0.2) is 0 Å². The molecule has 25 heavy (non-hydrogen) atoms. The molecule has 0 saturated heterocycles. The molecule has 0 spiro atoms. The van der Waals surface area contributed by atoms with Crippen molar-refractivity contribution in [1.29, 1.82) is 5.41 Å². The van der Waals surface area contributed by atoms with Crippen LogP contribution in [0.2, 0.25) is 0 Å². The number of rotatable bonds is 16. The highest BCUT2D eigenvalue weighted by Crippen LogP contribution is 2.14. The van der Waals surface area contributed by atoms with Crippen molar-refractivity contribution in [3.63, 3.8) is 0 Å². The molecule has 0 fully saturated rings. The fourth-order valence-electron chi connectivity index (χ4n) is 3.06. The Kier molecular flexibility index (Phi) is 12.7. The van der Waals surface area contributed by atoms with Gasteiger partial charge in [-0.05, 0) is 24.1 Å². The van der Waals surface area contributed by atoms with Gasteiger partial charge in [0.2, 0.25) is 0 Å². The Morgan fingerprint density at radius 2 is 1.28 bits per heavy atom. The first-order valence-electron chi connectivity index (χ1n) is 10.3. The summed E-state index contributed by atoms with van der Waals surface area (Å²) in [5, 5.41) is 7.29. The lowest BCUT2D eigenvalue weighted by molar-refractivity contribution is 0.304. The summed E-state index contributed by atoms with van der Waals surface area (Å²) in [6.45, 7) is 3.07. The largest absolute Gasteiger partial charge is 0.494 e. The van der Waals surface area contributed by atoms with Crippen LogP contribution >= 0.6 is 0 Å². The van der Waals surface area contributed by atoms with Gasteiger partial charge in [-0.15, -0.1) is 0 Å². The zero-order valence-electron chi connectivity index (χ0n) is 16.2. The van der Waals surface area contributed by atoms with E-state index in [1.165, 1.54) is 70.6 Å². The van der Waals surface area contributed by atoms with Crippen molar-refractivity contribution in [3.05, 3.63) is 29.8 Å². The molecule has 0 amide bonds. The first-order chi connectivity index (χ1) is 12.2. The van der Waals surface area contributed by atoms with Gasteiger partial charge in [-0.3, -0.25) is 5.41 Å². The average molecular weight is 347 g/mol. The van der Waals surface area contributed by atoms with Gasteiger partial charge >= 0.3 is 0 Å². The SMILES string of the molecule is CCCCCCCCCCCCCCOc1ccc(CC(=N)N)cc1. The number of nitrogens with one attached hydrogen (secondary N) is 1. The van der Waals surface area contributed by atoms with Gasteiger partial charge in [0.05, 0.1) is 12.4 Å². The van der Waals surface area contributed by atoms with Crippen molar-refractivity contribution >= 4 is 5.84 Å². The van der Waals surface area contributed by atoms with Gasteiger partial charge in [-0.1, -0.05) is 89.7 Å². The van der Waals surface area contributed by atoms with E-state index in [9.17, 15) is 0 Å². The lowest BCUT2D eigenvalue weighted by Gasteiger charge is -2.07. The van der Waals surface area contributed by atoms with Crippen LogP contribution in [0.5, 0.6) is 5.75 Å². The molecule has 0 saturated carbocycles. The zero-order valence-corrected chi connectivity index (χ0v) is 16.2. The van der Waals surface area contributed by atoms with E-state index in [4.69, 9.17) is 15.9 Å². The predicted molar refractivity (Wildman–Crippen MR) is 109 cm³/mol. The summed E-state index contributed by atoms with van der Waals surface area (Å²) in [5.74, 6) is 1.11. The van der Waals surface area contributed by atoms with Crippen LogP contribution in [0.25, 0.3) is 0 Å². The van der Waals surface area contributed by atoms with Crippen molar-refractivity contribution in [2.45, 2.75) is 90.4 Å². The van der Waals surface area contributed by atoms with Crippen molar-refractivity contribution in [3.8, 4) is 5.75 Å². The second-order valence-electron chi connectivity index (χ2n) is 7.08. The van der Waals surface area contributed by atoms with E-state index in [2.05, 4.69) is 6.92 Å². The van der Waals surface area contributed by atoms with Crippen LogP contribution in [0, 0.1) is 5.41 Å². The topological polar surface area (TPSA) is 59.1 Å². The van der Waals surface area contributed by atoms with E-state index in [1.807, 2.05) is 24.3 Å². The first kappa shape index (κ1) is 21.5. The number of hydrogen-bond acceptors (Lipinski definition) is 2. The number of hydrogen-bond donors (Lipinski definition) is 2. The molecule has 1 aromatic carbocycles. The number of nitrogens with two attached hydrogens (primary N) is 1. The Morgan fingerprint density at radius 3 is 1.76 bits per heavy atom. The maximum Gasteiger partial charge on any atom is 0.119 e. The predicted octanol–water partition coefficient (Wildman–Crippen LogP) is 6.24. The molecule has 0 radical (unpaired) electrons. The van der Waals surface area contributed by atoms with Crippen LogP contribution in [0.4, 0.5) is 0 Å². The summed E-state index contributed by atoms with van der Waals surface area (Å²) >= 11 is 0. The van der Waals surface area contributed by atoms with Gasteiger partial charge < -0.3 is 10.5 Å². The molecule has 1 aromatic rings. The quantitative estimate of drug-likeness (QED) is 0.211. The fourth-order valence-corrected chi connectivity index (χ4v) is 3.06. The number of benzene rings is 1. The molecule has 0 heterocycles. The molecule has 3 heteroatoms.